The maximum absolute atomic E-state index is 13.2. The van der Waals surface area contributed by atoms with Crippen molar-refractivity contribution in [1.82, 2.24) is 9.21 Å². The minimum atomic E-state index is -3.49. The van der Waals surface area contributed by atoms with Crippen LogP contribution in [0.1, 0.15) is 22.3 Å². The monoisotopic (exact) mass is 426 g/mol. The van der Waals surface area contributed by atoms with Crippen LogP contribution in [0.15, 0.2) is 35.2 Å². The van der Waals surface area contributed by atoms with Crippen LogP contribution in [0.25, 0.3) is 0 Å². The van der Waals surface area contributed by atoms with Gasteiger partial charge in [0.25, 0.3) is 0 Å². The van der Waals surface area contributed by atoms with Crippen LogP contribution < -0.4 is 0 Å². The van der Waals surface area contributed by atoms with E-state index in [1.54, 1.807) is 10.4 Å². The number of hydrogen-bond acceptors (Lipinski definition) is 3. The molecule has 0 saturated carbocycles. The molecule has 2 aromatic rings. The molecule has 1 heterocycles. The third-order valence-corrected chi connectivity index (χ3v) is 7.73. The van der Waals surface area contributed by atoms with Gasteiger partial charge in [0.2, 0.25) is 10.0 Å². The van der Waals surface area contributed by atoms with Gasteiger partial charge in [0.15, 0.2) is 0 Å². The molecule has 0 spiro atoms. The molecular weight excluding hydrogens is 403 g/mol. The lowest BCUT2D eigenvalue weighted by Gasteiger charge is -2.34. The number of aryl methyl sites for hydroxylation is 3. The second kappa shape index (κ2) is 8.10. The van der Waals surface area contributed by atoms with Gasteiger partial charge in [-0.25, -0.2) is 8.42 Å². The minimum Gasteiger partial charge on any atom is -0.296 e. The predicted octanol–water partition coefficient (Wildman–Crippen LogP) is 4.43. The molecule has 0 bridgehead atoms. The fourth-order valence-electron chi connectivity index (χ4n) is 3.72. The predicted molar refractivity (Wildman–Crippen MR) is 111 cm³/mol. The molecule has 4 nitrogen and oxygen atoms in total. The van der Waals surface area contributed by atoms with Crippen LogP contribution in [-0.2, 0) is 16.6 Å². The summed E-state index contributed by atoms with van der Waals surface area (Å²) in [5, 5.41) is 1.26. The summed E-state index contributed by atoms with van der Waals surface area (Å²) in [4.78, 5) is 2.66. The molecular formula is C20H24Cl2N2O2S. The van der Waals surface area contributed by atoms with Gasteiger partial charge in [0.05, 0.1) is 4.90 Å². The van der Waals surface area contributed by atoms with Crippen molar-refractivity contribution < 1.29 is 8.42 Å². The van der Waals surface area contributed by atoms with Crippen molar-refractivity contribution in [2.45, 2.75) is 32.2 Å². The average Bonchev–Trinajstić information content (AvgIpc) is 2.56. The molecule has 0 amide bonds. The summed E-state index contributed by atoms with van der Waals surface area (Å²) in [6.07, 6.45) is 0. The number of sulfonamides is 1. The molecule has 27 heavy (non-hydrogen) atoms. The third kappa shape index (κ3) is 4.49. The van der Waals surface area contributed by atoms with Gasteiger partial charge in [-0.1, -0.05) is 47.0 Å². The van der Waals surface area contributed by atoms with Crippen LogP contribution in [0.5, 0.6) is 0 Å². The number of benzene rings is 2. The topological polar surface area (TPSA) is 40.6 Å². The van der Waals surface area contributed by atoms with Gasteiger partial charge in [-0.05, 0) is 49.6 Å². The summed E-state index contributed by atoms with van der Waals surface area (Å²) in [6.45, 7) is 8.69. The van der Waals surface area contributed by atoms with E-state index >= 15 is 0 Å². The van der Waals surface area contributed by atoms with Crippen molar-refractivity contribution in [2.75, 3.05) is 26.2 Å². The Hall–Kier alpha value is -1.11. The van der Waals surface area contributed by atoms with E-state index in [1.165, 1.54) is 0 Å². The van der Waals surface area contributed by atoms with E-state index in [0.29, 0.717) is 47.7 Å². The zero-order chi connectivity index (χ0) is 19.8. The van der Waals surface area contributed by atoms with Gasteiger partial charge in [0, 0.05) is 42.8 Å². The van der Waals surface area contributed by atoms with Crippen LogP contribution >= 0.6 is 23.2 Å². The first-order valence-electron chi connectivity index (χ1n) is 8.93. The molecule has 2 aromatic carbocycles. The lowest BCUT2D eigenvalue weighted by Crippen LogP contribution is -2.48. The van der Waals surface area contributed by atoms with Gasteiger partial charge in [-0.15, -0.1) is 0 Å². The summed E-state index contributed by atoms with van der Waals surface area (Å²) in [6, 6.07) is 9.35. The van der Waals surface area contributed by atoms with E-state index in [4.69, 9.17) is 23.2 Å². The number of nitrogens with zero attached hydrogens (tertiary/aromatic N) is 2. The third-order valence-electron chi connectivity index (χ3n) is 4.94. The maximum Gasteiger partial charge on any atom is 0.243 e. The molecule has 1 aliphatic heterocycles. The molecule has 1 saturated heterocycles. The van der Waals surface area contributed by atoms with Crippen molar-refractivity contribution in [3.63, 3.8) is 0 Å². The SMILES string of the molecule is Cc1cc(C)c(S(=O)(=O)N2CCN(Cc3ccc(Cl)cc3Cl)CC2)c(C)c1. The molecule has 7 heteroatoms. The molecule has 146 valence electrons. The molecule has 0 N–H and O–H groups in total. The Bertz CT molecular complexity index is 929. The lowest BCUT2D eigenvalue weighted by atomic mass is 10.1. The summed E-state index contributed by atoms with van der Waals surface area (Å²) in [5.74, 6) is 0. The Balaban J connectivity index is 1.72. The highest BCUT2D eigenvalue weighted by Crippen LogP contribution is 2.27. The summed E-state index contributed by atoms with van der Waals surface area (Å²) in [5.41, 5.74) is 3.70. The lowest BCUT2D eigenvalue weighted by molar-refractivity contribution is 0.181. The normalized spacial score (nSPS) is 16.6. The Morgan fingerprint density at radius 2 is 1.52 bits per heavy atom. The summed E-state index contributed by atoms with van der Waals surface area (Å²) < 4.78 is 27.9. The highest BCUT2D eigenvalue weighted by molar-refractivity contribution is 7.89. The van der Waals surface area contributed by atoms with E-state index in [2.05, 4.69) is 4.90 Å². The summed E-state index contributed by atoms with van der Waals surface area (Å²) >= 11 is 12.2. The molecule has 1 aliphatic rings. The molecule has 0 unspecified atom stereocenters. The van der Waals surface area contributed by atoms with E-state index in [9.17, 15) is 8.42 Å². The van der Waals surface area contributed by atoms with Crippen molar-refractivity contribution in [3.8, 4) is 0 Å². The van der Waals surface area contributed by atoms with Crippen LogP contribution in [-0.4, -0.2) is 43.8 Å². The zero-order valence-electron chi connectivity index (χ0n) is 15.8. The Morgan fingerprint density at radius 1 is 0.926 bits per heavy atom. The molecule has 0 atom stereocenters. The quantitative estimate of drug-likeness (QED) is 0.725. The van der Waals surface area contributed by atoms with Gasteiger partial charge in [0.1, 0.15) is 0 Å². The van der Waals surface area contributed by atoms with E-state index in [-0.39, 0.29) is 0 Å². The standard InChI is InChI=1S/C20H24Cl2N2O2S/c1-14-10-15(2)20(16(3)11-14)27(25,26)24-8-6-23(7-9-24)13-17-4-5-18(21)12-19(17)22/h4-5,10-12H,6-9,13H2,1-3H3. The van der Waals surface area contributed by atoms with E-state index in [1.807, 2.05) is 45.0 Å². The van der Waals surface area contributed by atoms with Gasteiger partial charge < -0.3 is 0 Å². The second-order valence-corrected chi connectivity index (χ2v) is 9.86. The first-order chi connectivity index (χ1) is 12.7. The first-order valence-corrected chi connectivity index (χ1v) is 11.1. The van der Waals surface area contributed by atoms with E-state index < -0.39 is 10.0 Å². The summed E-state index contributed by atoms with van der Waals surface area (Å²) in [7, 11) is -3.49. The Kier molecular flexibility index (Phi) is 6.18. The Morgan fingerprint density at radius 3 is 2.07 bits per heavy atom. The number of piperazine rings is 1. The Labute approximate surface area is 171 Å². The van der Waals surface area contributed by atoms with Crippen molar-refractivity contribution in [1.29, 1.82) is 0 Å². The number of rotatable bonds is 4. The fraction of sp³-hybridized carbons (Fsp3) is 0.400. The van der Waals surface area contributed by atoms with Gasteiger partial charge in [-0.2, -0.15) is 4.31 Å². The van der Waals surface area contributed by atoms with Crippen LogP contribution in [0, 0.1) is 20.8 Å². The van der Waals surface area contributed by atoms with Crippen LogP contribution in [0.4, 0.5) is 0 Å². The smallest absolute Gasteiger partial charge is 0.243 e. The number of hydrogen-bond donors (Lipinski definition) is 0. The second-order valence-electron chi connectivity index (χ2n) is 7.14. The van der Waals surface area contributed by atoms with Crippen LogP contribution in [0.3, 0.4) is 0 Å². The highest BCUT2D eigenvalue weighted by atomic mass is 35.5. The van der Waals surface area contributed by atoms with Gasteiger partial charge in [-0.3, -0.25) is 4.90 Å². The number of halogens is 2. The molecule has 1 fully saturated rings. The zero-order valence-corrected chi connectivity index (χ0v) is 18.1. The van der Waals surface area contributed by atoms with Crippen molar-refractivity contribution >= 4 is 33.2 Å². The van der Waals surface area contributed by atoms with Crippen molar-refractivity contribution in [3.05, 3.63) is 62.6 Å². The van der Waals surface area contributed by atoms with Crippen molar-refractivity contribution in [2.24, 2.45) is 0 Å². The minimum absolute atomic E-state index is 0.447. The molecule has 0 radical (unpaired) electrons. The van der Waals surface area contributed by atoms with Gasteiger partial charge >= 0.3 is 0 Å². The molecule has 3 rings (SSSR count). The average molecular weight is 427 g/mol. The van der Waals surface area contributed by atoms with E-state index in [0.717, 1.165) is 22.3 Å². The molecule has 0 aliphatic carbocycles. The fourth-order valence-corrected chi connectivity index (χ4v) is 6.02. The largest absolute Gasteiger partial charge is 0.296 e. The molecule has 0 aromatic heterocycles. The first kappa shape index (κ1) is 20.6. The van der Waals surface area contributed by atoms with Crippen LogP contribution in [0.2, 0.25) is 10.0 Å². The highest BCUT2D eigenvalue weighted by Gasteiger charge is 2.31. The maximum atomic E-state index is 13.2.